The number of hydrogen-bond acceptors (Lipinski definition) is 5. The maximum Gasteiger partial charge on any atom is 0.326 e. The van der Waals surface area contributed by atoms with E-state index in [9.17, 15) is 23.1 Å². The van der Waals surface area contributed by atoms with E-state index in [0.717, 1.165) is 10.9 Å². The summed E-state index contributed by atoms with van der Waals surface area (Å²) >= 11 is 0. The van der Waals surface area contributed by atoms with Gasteiger partial charge < -0.3 is 16.2 Å². The van der Waals surface area contributed by atoms with Gasteiger partial charge in [-0.1, -0.05) is 78.9 Å². The number of aliphatic carboxylic acids is 1. The van der Waals surface area contributed by atoms with Crippen LogP contribution in [0.25, 0.3) is 10.8 Å². The molecule has 4 aromatic rings. The fourth-order valence-corrected chi connectivity index (χ4v) is 5.60. The second-order valence-corrected chi connectivity index (χ2v) is 11.1. The average Bonchev–Trinajstić information content (AvgIpc) is 2.95. The van der Waals surface area contributed by atoms with E-state index >= 15 is 0 Å². The standard InChI is InChI=1S/C30H30N4O5S/c31-28(32)24-12-6-9-21(17-24)18-27(29(35)33-26(30(36)37)16-13-20-7-2-1-3-8-20)34-40(38,39)25-15-14-22-10-4-5-11-23(22)19-25/h1-12,14-15,17,19,26-27,34H,13,16,18H2,(H3,31,32)(H,33,35)(H,36,37)/t26-,27-/m0/s1. The normalized spacial score (nSPS) is 12.9. The number of aryl methyl sites for hydroxylation is 1. The third-order valence-electron chi connectivity index (χ3n) is 6.50. The number of carboxylic acids is 1. The topological polar surface area (TPSA) is 162 Å². The summed E-state index contributed by atoms with van der Waals surface area (Å²) in [5.41, 5.74) is 7.48. The first-order valence-electron chi connectivity index (χ1n) is 12.6. The zero-order chi connectivity index (χ0) is 28.7. The smallest absolute Gasteiger partial charge is 0.326 e. The van der Waals surface area contributed by atoms with Crippen molar-refractivity contribution in [2.24, 2.45) is 5.73 Å². The van der Waals surface area contributed by atoms with Gasteiger partial charge in [0.2, 0.25) is 15.9 Å². The minimum Gasteiger partial charge on any atom is -0.480 e. The molecule has 0 radical (unpaired) electrons. The van der Waals surface area contributed by atoms with E-state index in [-0.39, 0.29) is 23.6 Å². The molecule has 4 aromatic carbocycles. The Hall–Kier alpha value is -4.54. The number of nitrogens with two attached hydrogens (primary N) is 1. The van der Waals surface area contributed by atoms with Crippen LogP contribution in [-0.2, 0) is 32.5 Å². The van der Waals surface area contributed by atoms with Gasteiger partial charge in [-0.3, -0.25) is 10.2 Å². The van der Waals surface area contributed by atoms with Gasteiger partial charge in [0.1, 0.15) is 17.9 Å². The van der Waals surface area contributed by atoms with Crippen LogP contribution in [0.1, 0.15) is 23.1 Å². The summed E-state index contributed by atoms with van der Waals surface area (Å²) in [4.78, 5) is 25.4. The highest BCUT2D eigenvalue weighted by Gasteiger charge is 2.30. The average molecular weight is 559 g/mol. The van der Waals surface area contributed by atoms with Crippen LogP contribution in [0.15, 0.2) is 102 Å². The molecular formula is C30H30N4O5S. The Labute approximate surface area is 232 Å². The predicted molar refractivity (Wildman–Crippen MR) is 154 cm³/mol. The molecule has 10 heteroatoms. The molecule has 6 N–H and O–H groups in total. The number of amidine groups is 1. The molecule has 0 saturated heterocycles. The summed E-state index contributed by atoms with van der Waals surface area (Å²) in [5.74, 6) is -2.18. The predicted octanol–water partition coefficient (Wildman–Crippen LogP) is 3.22. The van der Waals surface area contributed by atoms with Crippen molar-refractivity contribution in [2.45, 2.75) is 36.2 Å². The minimum atomic E-state index is -4.18. The molecule has 0 fully saturated rings. The summed E-state index contributed by atoms with van der Waals surface area (Å²) in [7, 11) is -4.18. The molecule has 0 unspecified atom stereocenters. The van der Waals surface area contributed by atoms with Gasteiger partial charge in [-0.05, 0) is 59.4 Å². The van der Waals surface area contributed by atoms with Crippen molar-refractivity contribution >= 4 is 38.5 Å². The van der Waals surface area contributed by atoms with Crippen LogP contribution in [-0.4, -0.2) is 43.3 Å². The highest BCUT2D eigenvalue weighted by atomic mass is 32.2. The molecule has 206 valence electrons. The molecule has 0 heterocycles. The van der Waals surface area contributed by atoms with Crippen LogP contribution in [0.2, 0.25) is 0 Å². The van der Waals surface area contributed by atoms with Gasteiger partial charge in [-0.15, -0.1) is 0 Å². The first kappa shape index (κ1) is 28.5. The lowest BCUT2D eigenvalue weighted by Gasteiger charge is -2.22. The Balaban J connectivity index is 1.60. The number of rotatable bonds is 12. The number of hydrogen-bond donors (Lipinski definition) is 5. The molecule has 0 spiro atoms. The maximum atomic E-state index is 13.4. The lowest BCUT2D eigenvalue weighted by molar-refractivity contribution is -0.142. The number of carboxylic acid groups (broad SMARTS) is 1. The van der Waals surface area contributed by atoms with Crippen LogP contribution in [0.5, 0.6) is 0 Å². The molecule has 0 saturated carbocycles. The van der Waals surface area contributed by atoms with Crippen LogP contribution < -0.4 is 15.8 Å². The van der Waals surface area contributed by atoms with E-state index in [1.165, 1.54) is 12.1 Å². The van der Waals surface area contributed by atoms with Crippen molar-refractivity contribution in [1.82, 2.24) is 10.0 Å². The molecule has 2 atom stereocenters. The number of amides is 1. The van der Waals surface area contributed by atoms with Gasteiger partial charge in [-0.2, -0.15) is 4.72 Å². The van der Waals surface area contributed by atoms with E-state index < -0.39 is 34.0 Å². The molecule has 40 heavy (non-hydrogen) atoms. The number of carbonyl (C=O) groups excluding carboxylic acids is 1. The van der Waals surface area contributed by atoms with Crippen molar-refractivity contribution in [3.63, 3.8) is 0 Å². The Kier molecular flexibility index (Phi) is 8.93. The molecule has 4 rings (SSSR count). The summed E-state index contributed by atoms with van der Waals surface area (Å²) in [5, 5.41) is 21.6. The summed E-state index contributed by atoms with van der Waals surface area (Å²) in [6.07, 6.45) is 0.437. The number of nitrogen functional groups attached to an aromatic ring is 1. The van der Waals surface area contributed by atoms with Crippen molar-refractivity contribution in [3.8, 4) is 0 Å². The zero-order valence-corrected chi connectivity index (χ0v) is 22.4. The van der Waals surface area contributed by atoms with Gasteiger partial charge in [0.15, 0.2) is 0 Å². The van der Waals surface area contributed by atoms with Crippen LogP contribution >= 0.6 is 0 Å². The van der Waals surface area contributed by atoms with Crippen LogP contribution in [0.4, 0.5) is 0 Å². The van der Waals surface area contributed by atoms with Crippen molar-refractivity contribution in [2.75, 3.05) is 0 Å². The molecule has 0 aromatic heterocycles. The maximum absolute atomic E-state index is 13.4. The summed E-state index contributed by atoms with van der Waals surface area (Å²) in [6.45, 7) is 0. The first-order valence-corrected chi connectivity index (χ1v) is 14.1. The van der Waals surface area contributed by atoms with Gasteiger partial charge in [0.25, 0.3) is 0 Å². The first-order chi connectivity index (χ1) is 19.1. The van der Waals surface area contributed by atoms with E-state index in [1.54, 1.807) is 42.5 Å². The monoisotopic (exact) mass is 558 g/mol. The fourth-order valence-electron chi connectivity index (χ4n) is 4.36. The Morgan fingerprint density at radius 2 is 1.50 bits per heavy atom. The quantitative estimate of drug-likeness (QED) is 0.132. The zero-order valence-electron chi connectivity index (χ0n) is 21.6. The van der Waals surface area contributed by atoms with E-state index in [0.29, 0.717) is 22.9 Å². The number of sulfonamides is 1. The molecule has 0 aliphatic heterocycles. The number of fused-ring (bicyclic) bond motifs is 1. The molecule has 9 nitrogen and oxygen atoms in total. The molecule has 0 aliphatic carbocycles. The van der Waals surface area contributed by atoms with E-state index in [4.69, 9.17) is 11.1 Å². The SMILES string of the molecule is N=C(N)c1cccc(C[C@H](NS(=O)(=O)c2ccc3ccccc3c2)C(=O)N[C@@H](CCc2ccccc2)C(=O)O)c1. The molecule has 0 bridgehead atoms. The summed E-state index contributed by atoms with van der Waals surface area (Å²) < 4.78 is 29.3. The number of carbonyl (C=O) groups is 2. The Morgan fingerprint density at radius 3 is 2.20 bits per heavy atom. The lowest BCUT2D eigenvalue weighted by atomic mass is 10.0. The van der Waals surface area contributed by atoms with E-state index in [1.807, 2.05) is 42.5 Å². The van der Waals surface area contributed by atoms with Gasteiger partial charge in [-0.25, -0.2) is 13.2 Å². The fraction of sp³-hybridized carbons (Fsp3) is 0.167. The minimum absolute atomic E-state index is 0.0275. The van der Waals surface area contributed by atoms with Gasteiger partial charge in [0, 0.05) is 5.56 Å². The van der Waals surface area contributed by atoms with Crippen molar-refractivity contribution in [1.29, 1.82) is 5.41 Å². The van der Waals surface area contributed by atoms with Crippen LogP contribution in [0, 0.1) is 5.41 Å². The summed E-state index contributed by atoms with van der Waals surface area (Å²) in [6, 6.07) is 25.2. The largest absolute Gasteiger partial charge is 0.480 e. The Morgan fingerprint density at radius 1 is 0.825 bits per heavy atom. The number of nitrogens with one attached hydrogen (secondary N) is 3. The second kappa shape index (κ2) is 12.5. The Bertz CT molecular complexity index is 1640. The molecular weight excluding hydrogens is 528 g/mol. The third-order valence-corrected chi connectivity index (χ3v) is 7.97. The second-order valence-electron chi connectivity index (χ2n) is 9.42. The molecule has 0 aliphatic rings. The third kappa shape index (κ3) is 7.31. The highest BCUT2D eigenvalue weighted by molar-refractivity contribution is 7.89. The highest BCUT2D eigenvalue weighted by Crippen LogP contribution is 2.20. The number of benzene rings is 4. The van der Waals surface area contributed by atoms with E-state index in [2.05, 4.69) is 10.0 Å². The molecule has 1 amide bonds. The van der Waals surface area contributed by atoms with Crippen LogP contribution in [0.3, 0.4) is 0 Å². The van der Waals surface area contributed by atoms with Crippen molar-refractivity contribution < 1.29 is 23.1 Å². The van der Waals surface area contributed by atoms with Gasteiger partial charge >= 0.3 is 5.97 Å². The lowest BCUT2D eigenvalue weighted by Crippen LogP contribution is -2.52. The van der Waals surface area contributed by atoms with Crippen molar-refractivity contribution in [3.05, 3.63) is 114 Å². The van der Waals surface area contributed by atoms with Gasteiger partial charge in [0.05, 0.1) is 4.90 Å².